The Kier molecular flexibility index (Phi) is 6.66. The lowest BCUT2D eigenvalue weighted by molar-refractivity contribution is 0.108. The second-order valence-electron chi connectivity index (χ2n) is 3.54. The molecule has 0 rings (SSSR count). The first-order valence-corrected chi connectivity index (χ1v) is 4.95. The zero-order chi connectivity index (χ0) is 10.2. The first-order chi connectivity index (χ1) is 6.12. The zero-order valence-electron chi connectivity index (χ0n) is 8.64. The van der Waals surface area contributed by atoms with Crippen molar-refractivity contribution in [3.05, 3.63) is 0 Å². The van der Waals surface area contributed by atoms with Gasteiger partial charge in [-0.05, 0) is 19.8 Å². The first kappa shape index (κ1) is 12.5. The molecule has 2 heteroatoms. The number of hydrogen-bond acceptors (Lipinski definition) is 2. The minimum absolute atomic E-state index is 0.175. The van der Waals surface area contributed by atoms with Gasteiger partial charge in [0, 0.05) is 0 Å². The van der Waals surface area contributed by atoms with Gasteiger partial charge in [-0.15, -0.1) is 0 Å². The van der Waals surface area contributed by atoms with Crippen molar-refractivity contribution >= 4 is 0 Å². The number of unbranched alkanes of at least 4 members (excludes halogenated alkanes) is 3. The van der Waals surface area contributed by atoms with Crippen molar-refractivity contribution in [3.8, 4) is 11.8 Å². The van der Waals surface area contributed by atoms with Crippen molar-refractivity contribution in [3.63, 3.8) is 0 Å². The van der Waals surface area contributed by atoms with Crippen molar-refractivity contribution < 1.29 is 10.2 Å². The third-order valence-electron chi connectivity index (χ3n) is 1.95. The molecule has 0 aliphatic rings. The average Bonchev–Trinajstić information content (AvgIpc) is 2.09. The van der Waals surface area contributed by atoms with Gasteiger partial charge < -0.3 is 10.2 Å². The number of aliphatic hydroxyl groups excluding tert-OH is 1. The highest BCUT2D eigenvalue weighted by Gasteiger charge is 2.15. The van der Waals surface area contributed by atoms with Gasteiger partial charge in [0.15, 0.2) is 0 Å². The van der Waals surface area contributed by atoms with E-state index in [0.29, 0.717) is 6.42 Å². The van der Waals surface area contributed by atoms with Gasteiger partial charge >= 0.3 is 0 Å². The van der Waals surface area contributed by atoms with Gasteiger partial charge in [0.1, 0.15) is 12.2 Å². The van der Waals surface area contributed by atoms with Gasteiger partial charge in [0.05, 0.1) is 0 Å². The Morgan fingerprint density at radius 1 is 1.23 bits per heavy atom. The number of aliphatic hydroxyl groups is 2. The second kappa shape index (κ2) is 6.94. The standard InChI is InChI=1S/C11H20O2/c1-3-4-5-6-8-11(2,13)9-7-10-12/h12-13H,3-6,8,10H2,1-2H3. The third kappa shape index (κ3) is 7.83. The molecule has 0 aromatic heterocycles. The van der Waals surface area contributed by atoms with Crippen LogP contribution in [0.2, 0.25) is 0 Å². The number of hydrogen-bond donors (Lipinski definition) is 2. The summed E-state index contributed by atoms with van der Waals surface area (Å²) in [5.41, 5.74) is -0.920. The maximum atomic E-state index is 9.66. The molecule has 0 aliphatic carbocycles. The van der Waals surface area contributed by atoms with Crippen LogP contribution in [-0.2, 0) is 0 Å². The highest BCUT2D eigenvalue weighted by molar-refractivity contribution is 5.11. The highest BCUT2D eigenvalue weighted by Crippen LogP contribution is 2.13. The fourth-order valence-corrected chi connectivity index (χ4v) is 1.19. The van der Waals surface area contributed by atoms with Crippen molar-refractivity contribution in [2.24, 2.45) is 0 Å². The molecule has 0 aromatic carbocycles. The van der Waals surface area contributed by atoms with E-state index in [1.807, 2.05) is 0 Å². The maximum absolute atomic E-state index is 9.66. The summed E-state index contributed by atoms with van der Waals surface area (Å²) in [5.74, 6) is 5.13. The van der Waals surface area contributed by atoms with Crippen LogP contribution in [0, 0.1) is 11.8 Å². The molecule has 13 heavy (non-hydrogen) atoms. The van der Waals surface area contributed by atoms with Crippen LogP contribution in [-0.4, -0.2) is 22.4 Å². The SMILES string of the molecule is CCCCCCC(C)(O)C#CCO. The summed E-state index contributed by atoms with van der Waals surface area (Å²) in [6.45, 7) is 3.68. The van der Waals surface area contributed by atoms with Crippen LogP contribution in [0.15, 0.2) is 0 Å². The van der Waals surface area contributed by atoms with Crippen LogP contribution in [0.3, 0.4) is 0 Å². The smallest absolute Gasteiger partial charge is 0.122 e. The van der Waals surface area contributed by atoms with E-state index < -0.39 is 5.60 Å². The monoisotopic (exact) mass is 184 g/mol. The Morgan fingerprint density at radius 3 is 2.46 bits per heavy atom. The van der Waals surface area contributed by atoms with E-state index in [2.05, 4.69) is 18.8 Å². The molecule has 1 unspecified atom stereocenters. The molecule has 0 aromatic rings. The Bertz CT molecular complexity index is 174. The van der Waals surface area contributed by atoms with Crippen LogP contribution in [0.4, 0.5) is 0 Å². The summed E-state index contributed by atoms with van der Waals surface area (Å²) in [7, 11) is 0. The van der Waals surface area contributed by atoms with E-state index >= 15 is 0 Å². The second-order valence-corrected chi connectivity index (χ2v) is 3.54. The minimum Gasteiger partial charge on any atom is -0.384 e. The summed E-state index contributed by atoms with van der Waals surface area (Å²) in [4.78, 5) is 0. The van der Waals surface area contributed by atoms with Crippen molar-refractivity contribution in [2.45, 2.75) is 51.6 Å². The summed E-state index contributed by atoms with van der Waals surface area (Å²) in [6.07, 6.45) is 5.25. The van der Waals surface area contributed by atoms with Gasteiger partial charge in [0.2, 0.25) is 0 Å². The summed E-state index contributed by atoms with van der Waals surface area (Å²) in [5, 5.41) is 18.1. The van der Waals surface area contributed by atoms with Crippen LogP contribution in [0.5, 0.6) is 0 Å². The average molecular weight is 184 g/mol. The van der Waals surface area contributed by atoms with Crippen molar-refractivity contribution in [2.75, 3.05) is 6.61 Å². The molecule has 0 amide bonds. The van der Waals surface area contributed by atoms with Crippen LogP contribution < -0.4 is 0 Å². The van der Waals surface area contributed by atoms with E-state index in [4.69, 9.17) is 5.11 Å². The van der Waals surface area contributed by atoms with Crippen LogP contribution in [0.25, 0.3) is 0 Å². The topological polar surface area (TPSA) is 40.5 Å². The Morgan fingerprint density at radius 2 is 1.92 bits per heavy atom. The fourth-order valence-electron chi connectivity index (χ4n) is 1.19. The fraction of sp³-hybridized carbons (Fsp3) is 0.818. The summed E-state index contributed by atoms with van der Waals surface area (Å²) in [6, 6.07) is 0. The van der Waals surface area contributed by atoms with E-state index in [-0.39, 0.29) is 6.61 Å². The maximum Gasteiger partial charge on any atom is 0.122 e. The normalized spacial score (nSPS) is 14.5. The van der Waals surface area contributed by atoms with Crippen molar-refractivity contribution in [1.29, 1.82) is 0 Å². The quantitative estimate of drug-likeness (QED) is 0.504. The molecule has 0 fully saturated rings. The molecule has 76 valence electrons. The van der Waals surface area contributed by atoms with Gasteiger partial charge in [0.25, 0.3) is 0 Å². The van der Waals surface area contributed by atoms with E-state index in [1.165, 1.54) is 12.8 Å². The molecule has 0 bridgehead atoms. The molecule has 0 saturated carbocycles. The van der Waals surface area contributed by atoms with E-state index in [1.54, 1.807) is 6.92 Å². The Hall–Kier alpha value is -0.520. The molecule has 0 spiro atoms. The lowest BCUT2D eigenvalue weighted by Gasteiger charge is -2.15. The minimum atomic E-state index is -0.920. The molecule has 0 heterocycles. The van der Waals surface area contributed by atoms with Gasteiger partial charge in [-0.3, -0.25) is 0 Å². The molecule has 0 radical (unpaired) electrons. The summed E-state index contributed by atoms with van der Waals surface area (Å²) < 4.78 is 0. The van der Waals surface area contributed by atoms with Crippen LogP contribution >= 0.6 is 0 Å². The molecular weight excluding hydrogens is 164 g/mol. The molecule has 2 nitrogen and oxygen atoms in total. The third-order valence-corrected chi connectivity index (χ3v) is 1.95. The predicted octanol–water partition coefficient (Wildman–Crippen LogP) is 1.70. The van der Waals surface area contributed by atoms with Crippen LogP contribution in [0.1, 0.15) is 46.0 Å². The highest BCUT2D eigenvalue weighted by atomic mass is 16.3. The molecule has 2 N–H and O–H groups in total. The van der Waals surface area contributed by atoms with E-state index in [0.717, 1.165) is 12.8 Å². The Balaban J connectivity index is 3.62. The van der Waals surface area contributed by atoms with Crippen molar-refractivity contribution in [1.82, 2.24) is 0 Å². The number of rotatable bonds is 5. The zero-order valence-corrected chi connectivity index (χ0v) is 8.64. The first-order valence-electron chi connectivity index (χ1n) is 4.95. The van der Waals surface area contributed by atoms with Gasteiger partial charge in [-0.1, -0.05) is 38.0 Å². The molecule has 0 saturated heterocycles. The van der Waals surface area contributed by atoms with Gasteiger partial charge in [-0.25, -0.2) is 0 Å². The van der Waals surface area contributed by atoms with E-state index in [9.17, 15) is 5.11 Å². The molecule has 1 atom stereocenters. The lowest BCUT2D eigenvalue weighted by atomic mass is 9.99. The Labute approximate surface area is 81.0 Å². The molecular formula is C11H20O2. The largest absolute Gasteiger partial charge is 0.384 e. The summed E-state index contributed by atoms with van der Waals surface area (Å²) >= 11 is 0. The predicted molar refractivity (Wildman–Crippen MR) is 54.2 cm³/mol. The van der Waals surface area contributed by atoms with Gasteiger partial charge in [-0.2, -0.15) is 0 Å². The lowest BCUT2D eigenvalue weighted by Crippen LogP contribution is -2.21. The molecule has 0 aliphatic heterocycles.